The average molecular weight is 212 g/mol. The Morgan fingerprint density at radius 3 is 1.67 bits per heavy atom. The summed E-state index contributed by atoms with van der Waals surface area (Å²) in [6.07, 6.45) is 3.82. The van der Waals surface area contributed by atoms with E-state index >= 15 is 0 Å². The zero-order valence-electron chi connectivity index (χ0n) is 9.17. The molecule has 0 amide bonds. The van der Waals surface area contributed by atoms with Crippen LogP contribution in [-0.4, -0.2) is 26.2 Å². The molecule has 3 fully saturated rings. The van der Waals surface area contributed by atoms with Gasteiger partial charge in [0.25, 0.3) is 0 Å². The van der Waals surface area contributed by atoms with Crippen LogP contribution in [0.4, 0.5) is 0 Å². The number of ether oxygens (including phenoxy) is 2. The molecule has 0 spiro atoms. The first-order valence-electron chi connectivity index (χ1n) is 5.25. The van der Waals surface area contributed by atoms with Crippen molar-refractivity contribution in [2.75, 3.05) is 14.2 Å². The molecule has 3 aliphatic carbocycles. The van der Waals surface area contributed by atoms with Gasteiger partial charge in [-0.1, -0.05) is 6.42 Å². The summed E-state index contributed by atoms with van der Waals surface area (Å²) in [6.45, 7) is 0. The molecule has 3 saturated carbocycles. The molecule has 3 rings (SSSR count). The molecule has 2 bridgehead atoms. The molecule has 0 aliphatic heterocycles. The molecule has 0 unspecified atom stereocenters. The molecular weight excluding hydrogens is 196 g/mol. The highest BCUT2D eigenvalue weighted by molar-refractivity contribution is 5.86. The number of fused-ring (bicyclic) bond motifs is 2. The summed E-state index contributed by atoms with van der Waals surface area (Å²) < 4.78 is 9.60. The quantitative estimate of drug-likeness (QED) is 0.647. The first-order chi connectivity index (χ1) is 7.08. The maximum atomic E-state index is 11.6. The molecule has 0 atom stereocenters. The molecule has 84 valence electrons. The number of esters is 2. The summed E-state index contributed by atoms with van der Waals surface area (Å²) >= 11 is 0. The minimum Gasteiger partial charge on any atom is -0.469 e. The van der Waals surface area contributed by atoms with Crippen molar-refractivity contribution < 1.29 is 19.1 Å². The van der Waals surface area contributed by atoms with Crippen molar-refractivity contribution in [3.05, 3.63) is 0 Å². The lowest BCUT2D eigenvalue weighted by molar-refractivity contribution is -0.194. The maximum Gasteiger partial charge on any atom is 0.311 e. The van der Waals surface area contributed by atoms with Crippen molar-refractivity contribution in [1.29, 1.82) is 0 Å². The number of methoxy groups -OCH3 is 2. The van der Waals surface area contributed by atoms with Gasteiger partial charge >= 0.3 is 11.9 Å². The summed E-state index contributed by atoms with van der Waals surface area (Å²) in [5.74, 6) is -0.330. The molecule has 15 heavy (non-hydrogen) atoms. The summed E-state index contributed by atoms with van der Waals surface area (Å²) in [6, 6.07) is 0. The van der Waals surface area contributed by atoms with E-state index in [-0.39, 0.29) is 22.8 Å². The van der Waals surface area contributed by atoms with Crippen LogP contribution in [0.5, 0.6) is 0 Å². The number of carbonyl (C=O) groups excluding carboxylic acids is 2. The van der Waals surface area contributed by atoms with Gasteiger partial charge in [-0.25, -0.2) is 0 Å². The van der Waals surface area contributed by atoms with Crippen LogP contribution in [0.1, 0.15) is 32.1 Å². The first-order valence-corrected chi connectivity index (χ1v) is 5.25. The van der Waals surface area contributed by atoms with Gasteiger partial charge in [-0.15, -0.1) is 0 Å². The monoisotopic (exact) mass is 212 g/mol. The number of rotatable bonds is 2. The fraction of sp³-hybridized carbons (Fsp3) is 0.818. The van der Waals surface area contributed by atoms with Crippen molar-refractivity contribution in [3.63, 3.8) is 0 Å². The van der Waals surface area contributed by atoms with Gasteiger partial charge in [0.1, 0.15) is 0 Å². The lowest BCUT2D eigenvalue weighted by atomic mass is 9.45. The van der Waals surface area contributed by atoms with Crippen molar-refractivity contribution in [2.24, 2.45) is 10.8 Å². The van der Waals surface area contributed by atoms with Crippen LogP contribution in [0.2, 0.25) is 0 Å². The smallest absolute Gasteiger partial charge is 0.311 e. The highest BCUT2D eigenvalue weighted by Crippen LogP contribution is 2.64. The standard InChI is InChI=1S/C11H16O4/c1-14-8(12)10-4-3-5-11(6-10,7-10)9(13)15-2/h3-7H2,1-2H3. The molecular formula is C11H16O4. The third-order valence-corrected chi connectivity index (χ3v) is 3.90. The van der Waals surface area contributed by atoms with E-state index in [2.05, 4.69) is 0 Å². The van der Waals surface area contributed by atoms with Crippen LogP contribution in [0.15, 0.2) is 0 Å². The van der Waals surface area contributed by atoms with Gasteiger partial charge in [0.2, 0.25) is 0 Å². The summed E-state index contributed by atoms with van der Waals surface area (Å²) in [4.78, 5) is 23.2. The predicted octanol–water partition coefficient (Wildman–Crippen LogP) is 1.28. The molecule has 0 aromatic rings. The van der Waals surface area contributed by atoms with Gasteiger partial charge in [0.05, 0.1) is 25.0 Å². The Morgan fingerprint density at radius 2 is 1.33 bits per heavy atom. The zero-order chi connectivity index (χ0) is 11.1. The maximum absolute atomic E-state index is 11.6. The third kappa shape index (κ3) is 1.27. The molecule has 0 aromatic heterocycles. The van der Waals surface area contributed by atoms with Crippen LogP contribution in [-0.2, 0) is 19.1 Å². The zero-order valence-corrected chi connectivity index (χ0v) is 9.17. The van der Waals surface area contributed by atoms with E-state index in [1.54, 1.807) is 0 Å². The van der Waals surface area contributed by atoms with Gasteiger partial charge in [0, 0.05) is 0 Å². The van der Waals surface area contributed by atoms with Crippen LogP contribution >= 0.6 is 0 Å². The highest BCUT2D eigenvalue weighted by Gasteiger charge is 2.65. The average Bonchev–Trinajstić information content (AvgIpc) is 2.26. The van der Waals surface area contributed by atoms with Gasteiger partial charge in [-0.05, 0) is 25.7 Å². The second kappa shape index (κ2) is 3.22. The van der Waals surface area contributed by atoms with E-state index < -0.39 is 0 Å². The highest BCUT2D eigenvalue weighted by atomic mass is 16.5. The van der Waals surface area contributed by atoms with Crippen LogP contribution < -0.4 is 0 Å². The normalized spacial score (nSPS) is 37.7. The Morgan fingerprint density at radius 1 is 0.933 bits per heavy atom. The van der Waals surface area contributed by atoms with Gasteiger partial charge in [-0.3, -0.25) is 9.59 Å². The Bertz CT molecular complexity index is 274. The van der Waals surface area contributed by atoms with Crippen LogP contribution in [0, 0.1) is 10.8 Å². The van der Waals surface area contributed by atoms with Gasteiger partial charge in [-0.2, -0.15) is 0 Å². The summed E-state index contributed by atoms with van der Waals surface area (Å²) in [5.41, 5.74) is -0.775. The van der Waals surface area contributed by atoms with Crippen molar-refractivity contribution in [2.45, 2.75) is 32.1 Å². The molecule has 0 aromatic carbocycles. The Labute approximate surface area is 88.9 Å². The molecule has 0 saturated heterocycles. The topological polar surface area (TPSA) is 52.6 Å². The van der Waals surface area contributed by atoms with E-state index in [9.17, 15) is 9.59 Å². The largest absolute Gasteiger partial charge is 0.469 e. The second-order valence-corrected chi connectivity index (χ2v) is 4.75. The molecule has 0 heterocycles. The molecule has 4 nitrogen and oxygen atoms in total. The number of carbonyl (C=O) groups is 2. The van der Waals surface area contributed by atoms with Crippen LogP contribution in [0.3, 0.4) is 0 Å². The predicted molar refractivity (Wildman–Crippen MR) is 52.0 cm³/mol. The molecule has 0 N–H and O–H groups in total. The van der Waals surface area contributed by atoms with E-state index in [1.165, 1.54) is 14.2 Å². The van der Waals surface area contributed by atoms with E-state index in [0.717, 1.165) is 19.3 Å². The Balaban J connectivity index is 2.14. The summed E-state index contributed by atoms with van der Waals surface area (Å²) in [7, 11) is 2.81. The molecule has 3 aliphatic rings. The Hall–Kier alpha value is -1.06. The number of hydrogen-bond donors (Lipinski definition) is 0. The minimum absolute atomic E-state index is 0.165. The van der Waals surface area contributed by atoms with Crippen molar-refractivity contribution in [1.82, 2.24) is 0 Å². The van der Waals surface area contributed by atoms with E-state index in [1.807, 2.05) is 0 Å². The lowest BCUT2D eigenvalue weighted by Gasteiger charge is -2.56. The summed E-state index contributed by atoms with van der Waals surface area (Å²) in [5, 5.41) is 0. The van der Waals surface area contributed by atoms with Crippen LogP contribution in [0.25, 0.3) is 0 Å². The first kappa shape index (κ1) is 10.5. The second-order valence-electron chi connectivity index (χ2n) is 4.75. The SMILES string of the molecule is COC(=O)C12CCCC(C(=O)OC)(C1)C2. The lowest BCUT2D eigenvalue weighted by Crippen LogP contribution is -2.58. The molecule has 4 heteroatoms. The van der Waals surface area contributed by atoms with Gasteiger partial charge < -0.3 is 9.47 Å². The minimum atomic E-state index is -0.388. The number of hydrogen-bond acceptors (Lipinski definition) is 4. The third-order valence-electron chi connectivity index (χ3n) is 3.90. The fourth-order valence-corrected chi connectivity index (χ4v) is 3.29. The van der Waals surface area contributed by atoms with Crippen molar-refractivity contribution in [3.8, 4) is 0 Å². The molecule has 0 radical (unpaired) electrons. The van der Waals surface area contributed by atoms with E-state index in [4.69, 9.17) is 9.47 Å². The van der Waals surface area contributed by atoms with Gasteiger partial charge in [0.15, 0.2) is 0 Å². The fourth-order valence-electron chi connectivity index (χ4n) is 3.29. The Kier molecular flexibility index (Phi) is 2.24. The van der Waals surface area contributed by atoms with Crippen molar-refractivity contribution >= 4 is 11.9 Å². The van der Waals surface area contributed by atoms with E-state index in [0.29, 0.717) is 12.8 Å².